The molecule has 0 radical (unpaired) electrons. The quantitative estimate of drug-likeness (QED) is 0.883. The summed E-state index contributed by atoms with van der Waals surface area (Å²) in [6.07, 6.45) is 0. The van der Waals surface area contributed by atoms with Crippen LogP contribution in [0.25, 0.3) is 0 Å². The molecule has 0 aliphatic heterocycles. The van der Waals surface area contributed by atoms with Gasteiger partial charge in [-0.1, -0.05) is 18.2 Å². The fourth-order valence-electron chi connectivity index (χ4n) is 1.59. The summed E-state index contributed by atoms with van der Waals surface area (Å²) in [6.45, 7) is 2.64. The van der Waals surface area contributed by atoms with Crippen molar-refractivity contribution in [3.8, 4) is 5.75 Å². The molecule has 1 atom stereocenters. The summed E-state index contributed by atoms with van der Waals surface area (Å²) in [5.41, 5.74) is 3.97. The number of hydrogen-bond donors (Lipinski definition) is 1. The van der Waals surface area contributed by atoms with Crippen LogP contribution in [0.15, 0.2) is 35.2 Å². The number of thiazole rings is 1. The van der Waals surface area contributed by atoms with Gasteiger partial charge in [0.05, 0.1) is 11.2 Å². The summed E-state index contributed by atoms with van der Waals surface area (Å²) < 4.78 is 5.81. The van der Waals surface area contributed by atoms with Gasteiger partial charge < -0.3 is 10.1 Å². The first-order valence-corrected chi connectivity index (χ1v) is 6.51. The van der Waals surface area contributed by atoms with Crippen LogP contribution < -0.4 is 10.1 Å². The van der Waals surface area contributed by atoms with Crippen LogP contribution in [-0.2, 0) is 6.61 Å². The highest BCUT2D eigenvalue weighted by atomic mass is 32.1. The van der Waals surface area contributed by atoms with Crippen molar-refractivity contribution in [2.75, 3.05) is 7.05 Å². The van der Waals surface area contributed by atoms with E-state index in [1.165, 1.54) is 5.56 Å². The van der Waals surface area contributed by atoms with Gasteiger partial charge in [-0.05, 0) is 20.0 Å². The van der Waals surface area contributed by atoms with Gasteiger partial charge >= 0.3 is 0 Å². The first-order chi connectivity index (χ1) is 8.31. The van der Waals surface area contributed by atoms with E-state index in [1.54, 1.807) is 11.3 Å². The van der Waals surface area contributed by atoms with Gasteiger partial charge in [-0.2, -0.15) is 0 Å². The molecule has 1 aromatic carbocycles. The number of hydrogen-bond acceptors (Lipinski definition) is 4. The van der Waals surface area contributed by atoms with Gasteiger partial charge in [0, 0.05) is 17.0 Å². The molecule has 0 aliphatic carbocycles. The summed E-state index contributed by atoms with van der Waals surface area (Å²) in [6, 6.07) is 8.37. The maximum atomic E-state index is 5.81. The van der Waals surface area contributed by atoms with Crippen LogP contribution in [-0.4, -0.2) is 12.0 Å². The molecule has 0 aliphatic rings. The van der Waals surface area contributed by atoms with Crippen molar-refractivity contribution < 1.29 is 4.74 Å². The van der Waals surface area contributed by atoms with Crippen LogP contribution in [0.4, 0.5) is 0 Å². The number of para-hydroxylation sites is 1. The number of aromatic nitrogens is 1. The average Bonchev–Trinajstić information content (AvgIpc) is 2.89. The number of nitrogens with one attached hydrogen (secondary N) is 1. The molecule has 0 bridgehead atoms. The lowest BCUT2D eigenvalue weighted by atomic mass is 10.1. The summed E-state index contributed by atoms with van der Waals surface area (Å²) in [5, 5.41) is 5.23. The van der Waals surface area contributed by atoms with E-state index in [9.17, 15) is 0 Å². The van der Waals surface area contributed by atoms with Crippen LogP contribution in [0.1, 0.15) is 24.2 Å². The standard InChI is InChI=1S/C13H16N2OS/c1-10(14-2)12-5-3-4-6-13(12)16-7-11-8-17-9-15-11/h3-6,8-10,14H,7H2,1-2H3. The van der Waals surface area contributed by atoms with Gasteiger partial charge in [0.15, 0.2) is 0 Å². The van der Waals surface area contributed by atoms with Crippen LogP contribution in [0, 0.1) is 0 Å². The molecule has 17 heavy (non-hydrogen) atoms. The summed E-state index contributed by atoms with van der Waals surface area (Å²) in [7, 11) is 1.95. The Labute approximate surface area is 105 Å². The molecule has 0 fully saturated rings. The molecule has 90 valence electrons. The molecule has 2 rings (SSSR count). The largest absolute Gasteiger partial charge is 0.487 e. The normalized spacial score (nSPS) is 12.4. The number of ether oxygens (including phenoxy) is 1. The molecule has 1 heterocycles. The molecule has 4 heteroatoms. The molecule has 0 saturated heterocycles. The van der Waals surface area contributed by atoms with Gasteiger partial charge in [-0.25, -0.2) is 4.98 Å². The highest BCUT2D eigenvalue weighted by Gasteiger charge is 2.09. The van der Waals surface area contributed by atoms with E-state index in [4.69, 9.17) is 4.74 Å². The lowest BCUT2D eigenvalue weighted by Gasteiger charge is -2.15. The van der Waals surface area contributed by atoms with E-state index in [1.807, 2.05) is 36.1 Å². The van der Waals surface area contributed by atoms with Crippen molar-refractivity contribution in [2.24, 2.45) is 0 Å². The van der Waals surface area contributed by atoms with Crippen molar-refractivity contribution >= 4 is 11.3 Å². The molecule has 0 saturated carbocycles. The van der Waals surface area contributed by atoms with Crippen molar-refractivity contribution in [1.82, 2.24) is 10.3 Å². The minimum absolute atomic E-state index is 0.279. The zero-order valence-electron chi connectivity index (χ0n) is 10.0. The summed E-state index contributed by atoms with van der Waals surface area (Å²) >= 11 is 1.59. The second kappa shape index (κ2) is 5.80. The molecule has 1 N–H and O–H groups in total. The van der Waals surface area contributed by atoms with Crippen LogP contribution in [0.5, 0.6) is 5.75 Å². The van der Waals surface area contributed by atoms with E-state index in [0.29, 0.717) is 6.61 Å². The summed E-state index contributed by atoms with van der Waals surface area (Å²) in [4.78, 5) is 4.20. The minimum Gasteiger partial charge on any atom is -0.487 e. The smallest absolute Gasteiger partial charge is 0.131 e. The molecule has 0 spiro atoms. The Balaban J connectivity index is 2.09. The predicted molar refractivity (Wildman–Crippen MR) is 70.4 cm³/mol. The van der Waals surface area contributed by atoms with Crippen LogP contribution in [0.3, 0.4) is 0 Å². The van der Waals surface area contributed by atoms with Gasteiger partial charge in [0.25, 0.3) is 0 Å². The first-order valence-electron chi connectivity index (χ1n) is 5.57. The van der Waals surface area contributed by atoms with Crippen molar-refractivity contribution in [3.63, 3.8) is 0 Å². The molecular formula is C13H16N2OS. The number of rotatable bonds is 5. The maximum Gasteiger partial charge on any atom is 0.131 e. The van der Waals surface area contributed by atoms with Crippen LogP contribution in [0.2, 0.25) is 0 Å². The molecule has 0 amide bonds. The van der Waals surface area contributed by atoms with Crippen molar-refractivity contribution in [3.05, 3.63) is 46.4 Å². The zero-order valence-corrected chi connectivity index (χ0v) is 10.8. The molecular weight excluding hydrogens is 232 g/mol. The Morgan fingerprint density at radius 1 is 1.41 bits per heavy atom. The number of benzene rings is 1. The lowest BCUT2D eigenvalue weighted by Crippen LogP contribution is -2.13. The van der Waals surface area contributed by atoms with E-state index < -0.39 is 0 Å². The zero-order chi connectivity index (χ0) is 12.1. The minimum atomic E-state index is 0.279. The third-order valence-corrected chi connectivity index (χ3v) is 3.31. The maximum absolute atomic E-state index is 5.81. The Hall–Kier alpha value is -1.39. The van der Waals surface area contributed by atoms with E-state index in [2.05, 4.69) is 23.3 Å². The Kier molecular flexibility index (Phi) is 4.12. The third-order valence-electron chi connectivity index (χ3n) is 2.68. The van der Waals surface area contributed by atoms with E-state index in [-0.39, 0.29) is 6.04 Å². The second-order valence-corrected chi connectivity index (χ2v) is 4.54. The molecule has 1 aromatic heterocycles. The van der Waals surface area contributed by atoms with E-state index >= 15 is 0 Å². The van der Waals surface area contributed by atoms with Gasteiger partial charge in [0.2, 0.25) is 0 Å². The second-order valence-electron chi connectivity index (χ2n) is 3.82. The third kappa shape index (κ3) is 3.05. The van der Waals surface area contributed by atoms with Crippen molar-refractivity contribution in [1.29, 1.82) is 0 Å². The SMILES string of the molecule is CNC(C)c1ccccc1OCc1cscn1. The fraction of sp³-hybridized carbons (Fsp3) is 0.308. The van der Waals surface area contributed by atoms with Gasteiger partial charge in [-0.15, -0.1) is 11.3 Å². The van der Waals surface area contributed by atoms with Crippen molar-refractivity contribution in [2.45, 2.75) is 19.6 Å². The highest BCUT2D eigenvalue weighted by molar-refractivity contribution is 7.07. The monoisotopic (exact) mass is 248 g/mol. The highest BCUT2D eigenvalue weighted by Crippen LogP contribution is 2.25. The fourth-order valence-corrected chi connectivity index (χ4v) is 2.13. The molecule has 3 nitrogen and oxygen atoms in total. The molecule has 1 unspecified atom stereocenters. The Morgan fingerprint density at radius 2 is 2.24 bits per heavy atom. The van der Waals surface area contributed by atoms with Gasteiger partial charge in [0.1, 0.15) is 12.4 Å². The van der Waals surface area contributed by atoms with E-state index in [0.717, 1.165) is 11.4 Å². The number of nitrogens with zero attached hydrogens (tertiary/aromatic N) is 1. The average molecular weight is 248 g/mol. The Morgan fingerprint density at radius 3 is 2.94 bits per heavy atom. The Bertz CT molecular complexity index is 456. The molecule has 2 aromatic rings. The summed E-state index contributed by atoms with van der Waals surface area (Å²) in [5.74, 6) is 0.919. The van der Waals surface area contributed by atoms with Crippen LogP contribution >= 0.6 is 11.3 Å². The lowest BCUT2D eigenvalue weighted by molar-refractivity contribution is 0.296. The first kappa shape index (κ1) is 12.1. The topological polar surface area (TPSA) is 34.1 Å². The predicted octanol–water partition coefficient (Wildman–Crippen LogP) is 3.00. The van der Waals surface area contributed by atoms with Gasteiger partial charge in [-0.3, -0.25) is 0 Å².